The smallest absolute Gasteiger partial charge is 0.227 e. The molecule has 1 aromatic carbocycles. The number of anilines is 1. The molecule has 1 aromatic rings. The van der Waals surface area contributed by atoms with E-state index in [1.807, 2.05) is 32.0 Å². The highest BCUT2D eigenvalue weighted by Gasteiger charge is 2.28. The summed E-state index contributed by atoms with van der Waals surface area (Å²) in [6.07, 6.45) is 8.03. The maximum absolute atomic E-state index is 12.9. The van der Waals surface area contributed by atoms with E-state index < -0.39 is 0 Å². The number of benzene rings is 1. The molecule has 3 aliphatic heterocycles. The average Bonchev–Trinajstić information content (AvgIpc) is 2.86. The predicted octanol–water partition coefficient (Wildman–Crippen LogP) is 3.35. The molecule has 3 heterocycles. The Morgan fingerprint density at radius 2 is 1.82 bits per heavy atom. The van der Waals surface area contributed by atoms with Crippen LogP contribution in [0.5, 0.6) is 5.75 Å². The van der Waals surface area contributed by atoms with E-state index in [1.165, 1.54) is 58.3 Å². The molecule has 0 aromatic heterocycles. The van der Waals surface area contributed by atoms with Crippen LogP contribution in [-0.4, -0.2) is 79.6 Å². The molecule has 4 rings (SSSR count). The average molecular weight is 471 g/mol. The van der Waals surface area contributed by atoms with E-state index in [4.69, 9.17) is 4.74 Å². The molecule has 1 N–H and O–H groups in total. The summed E-state index contributed by atoms with van der Waals surface area (Å²) in [6, 6.07) is 6.67. The quantitative estimate of drug-likeness (QED) is 0.591. The molecule has 7 heteroatoms. The van der Waals surface area contributed by atoms with E-state index in [0.717, 1.165) is 36.0 Å². The van der Waals surface area contributed by atoms with Crippen molar-refractivity contribution in [3.8, 4) is 5.75 Å². The van der Waals surface area contributed by atoms with Gasteiger partial charge in [-0.15, -0.1) is 0 Å². The molecule has 0 unspecified atom stereocenters. The maximum Gasteiger partial charge on any atom is 0.227 e. The molecule has 2 fully saturated rings. The third kappa shape index (κ3) is 6.72. The van der Waals surface area contributed by atoms with Crippen LogP contribution < -0.4 is 15.0 Å². The minimum absolute atomic E-state index is 0.0197. The minimum atomic E-state index is -0.0575. The molecule has 0 radical (unpaired) electrons. The Morgan fingerprint density at radius 1 is 1.06 bits per heavy atom. The van der Waals surface area contributed by atoms with Crippen molar-refractivity contribution in [2.75, 3.05) is 50.7 Å². The Balaban J connectivity index is 1.11. The van der Waals surface area contributed by atoms with Crippen molar-refractivity contribution in [1.29, 1.82) is 0 Å². The van der Waals surface area contributed by atoms with Gasteiger partial charge in [0.25, 0.3) is 0 Å². The highest BCUT2D eigenvalue weighted by atomic mass is 16.5. The summed E-state index contributed by atoms with van der Waals surface area (Å²) in [4.78, 5) is 32.2. The van der Waals surface area contributed by atoms with E-state index in [0.29, 0.717) is 13.1 Å². The fraction of sp³-hybridized carbons (Fsp3) is 0.704. The van der Waals surface area contributed by atoms with Gasteiger partial charge in [0, 0.05) is 25.4 Å². The van der Waals surface area contributed by atoms with Crippen LogP contribution >= 0.6 is 0 Å². The number of aryl methyl sites for hydroxylation is 1. The molecule has 2 amide bonds. The van der Waals surface area contributed by atoms with Gasteiger partial charge in [0.15, 0.2) is 0 Å². The van der Waals surface area contributed by atoms with Crippen LogP contribution in [0.15, 0.2) is 18.2 Å². The zero-order valence-electron chi connectivity index (χ0n) is 21.1. The summed E-state index contributed by atoms with van der Waals surface area (Å²) < 4.78 is 5.87. The molecule has 1 atom stereocenters. The van der Waals surface area contributed by atoms with Crippen LogP contribution in [-0.2, 0) is 9.59 Å². The number of nitrogens with one attached hydrogen (secondary N) is 1. The summed E-state index contributed by atoms with van der Waals surface area (Å²) in [5, 5.41) is 3.01. The number of rotatable bonds is 8. The highest BCUT2D eigenvalue weighted by molar-refractivity contribution is 5.97. The summed E-state index contributed by atoms with van der Waals surface area (Å²) >= 11 is 0. The number of carbonyl (C=O) groups is 2. The van der Waals surface area contributed by atoms with Gasteiger partial charge in [0.05, 0.1) is 12.2 Å². The number of amides is 2. The molecule has 0 aliphatic carbocycles. The largest absolute Gasteiger partial charge is 0.487 e. The Labute approximate surface area is 204 Å². The fourth-order valence-electron chi connectivity index (χ4n) is 5.55. The first-order valence-electron chi connectivity index (χ1n) is 13.3. The molecule has 0 spiro atoms. The lowest BCUT2D eigenvalue weighted by molar-refractivity contribution is -0.125. The second-order valence-electron chi connectivity index (χ2n) is 10.3. The monoisotopic (exact) mass is 470 g/mol. The minimum Gasteiger partial charge on any atom is -0.487 e. The molecule has 0 bridgehead atoms. The van der Waals surface area contributed by atoms with Crippen LogP contribution in [0.4, 0.5) is 5.69 Å². The molecule has 7 nitrogen and oxygen atoms in total. The topological polar surface area (TPSA) is 65.1 Å². The third-order valence-electron chi connectivity index (χ3n) is 7.48. The molecule has 2 saturated heterocycles. The molecule has 3 aliphatic rings. The number of piperidine rings is 2. The first kappa shape index (κ1) is 25.0. The Kier molecular flexibility index (Phi) is 8.84. The third-order valence-corrected chi connectivity index (χ3v) is 7.48. The SMILES string of the molecule is Cc1ccc2c(c1)N(C(=O)CCC(=O)NCCCN1CCC(N3CCCCC3)CC1)C[C@@H](C)O2. The number of likely N-dealkylation sites (tertiary alicyclic amines) is 2. The van der Waals surface area contributed by atoms with Crippen molar-refractivity contribution < 1.29 is 14.3 Å². The van der Waals surface area contributed by atoms with Crippen molar-refractivity contribution in [2.24, 2.45) is 0 Å². The summed E-state index contributed by atoms with van der Waals surface area (Å²) in [5.41, 5.74) is 1.90. The zero-order valence-corrected chi connectivity index (χ0v) is 21.1. The van der Waals surface area contributed by atoms with E-state index in [1.54, 1.807) is 4.90 Å². The van der Waals surface area contributed by atoms with Gasteiger partial charge in [0.1, 0.15) is 11.9 Å². The second-order valence-corrected chi connectivity index (χ2v) is 10.3. The van der Waals surface area contributed by atoms with Crippen molar-refractivity contribution in [3.05, 3.63) is 23.8 Å². The Morgan fingerprint density at radius 3 is 2.59 bits per heavy atom. The number of carbonyl (C=O) groups excluding carboxylic acids is 2. The van der Waals surface area contributed by atoms with Crippen molar-refractivity contribution in [1.82, 2.24) is 15.1 Å². The van der Waals surface area contributed by atoms with Crippen molar-refractivity contribution in [2.45, 2.75) is 77.4 Å². The number of hydrogen-bond donors (Lipinski definition) is 1. The first-order chi connectivity index (χ1) is 16.5. The number of nitrogens with zero attached hydrogens (tertiary/aromatic N) is 3. The summed E-state index contributed by atoms with van der Waals surface area (Å²) in [6.45, 7) is 11.1. The maximum atomic E-state index is 12.9. The number of ether oxygens (including phenoxy) is 1. The zero-order chi connectivity index (χ0) is 23.9. The second kappa shape index (κ2) is 12.0. The Hall–Kier alpha value is -2.12. The number of fused-ring (bicyclic) bond motifs is 1. The summed E-state index contributed by atoms with van der Waals surface area (Å²) in [5.74, 6) is 0.679. The van der Waals surface area contributed by atoms with Crippen LogP contribution in [0.25, 0.3) is 0 Å². The van der Waals surface area contributed by atoms with Gasteiger partial charge in [-0.05, 0) is 96.4 Å². The Bertz CT molecular complexity index is 831. The van der Waals surface area contributed by atoms with Crippen molar-refractivity contribution >= 4 is 17.5 Å². The van der Waals surface area contributed by atoms with Gasteiger partial charge in [-0.25, -0.2) is 0 Å². The highest BCUT2D eigenvalue weighted by Crippen LogP contribution is 2.34. The van der Waals surface area contributed by atoms with Gasteiger partial charge in [-0.1, -0.05) is 12.5 Å². The van der Waals surface area contributed by atoms with E-state index in [9.17, 15) is 9.59 Å². The lowest BCUT2D eigenvalue weighted by Gasteiger charge is -2.40. The summed E-state index contributed by atoms with van der Waals surface area (Å²) in [7, 11) is 0. The molecule has 34 heavy (non-hydrogen) atoms. The normalized spacial score (nSPS) is 22.2. The van der Waals surface area contributed by atoms with Crippen LogP contribution in [0.3, 0.4) is 0 Å². The number of hydrogen-bond acceptors (Lipinski definition) is 5. The van der Waals surface area contributed by atoms with Crippen LogP contribution in [0.1, 0.15) is 63.9 Å². The molecule has 0 saturated carbocycles. The van der Waals surface area contributed by atoms with E-state index in [-0.39, 0.29) is 30.8 Å². The standard InChI is InChI=1S/C27H42N4O3/c1-21-7-8-25-24(19-21)31(20-22(2)34-25)27(33)10-9-26(32)28-13-6-14-29-17-11-23(12-18-29)30-15-4-3-5-16-30/h7-8,19,22-23H,3-6,9-18,20H2,1-2H3,(H,28,32)/t22-/m1/s1. The van der Waals surface area contributed by atoms with Crippen LogP contribution in [0.2, 0.25) is 0 Å². The molecule has 188 valence electrons. The lowest BCUT2D eigenvalue weighted by Crippen LogP contribution is -2.47. The van der Waals surface area contributed by atoms with Gasteiger partial charge in [-0.3, -0.25) is 9.59 Å². The van der Waals surface area contributed by atoms with Gasteiger partial charge in [0.2, 0.25) is 11.8 Å². The van der Waals surface area contributed by atoms with Crippen LogP contribution in [0, 0.1) is 6.92 Å². The van der Waals surface area contributed by atoms with E-state index >= 15 is 0 Å². The predicted molar refractivity (Wildman–Crippen MR) is 135 cm³/mol. The van der Waals surface area contributed by atoms with Gasteiger partial charge in [-0.2, -0.15) is 0 Å². The first-order valence-corrected chi connectivity index (χ1v) is 13.3. The van der Waals surface area contributed by atoms with Gasteiger partial charge >= 0.3 is 0 Å². The van der Waals surface area contributed by atoms with Gasteiger partial charge < -0.3 is 24.8 Å². The fourth-order valence-corrected chi connectivity index (χ4v) is 5.55. The lowest BCUT2D eigenvalue weighted by atomic mass is 10.00. The van der Waals surface area contributed by atoms with E-state index in [2.05, 4.69) is 15.1 Å². The van der Waals surface area contributed by atoms with Crippen molar-refractivity contribution in [3.63, 3.8) is 0 Å². The molecular formula is C27H42N4O3. The molecular weight excluding hydrogens is 428 g/mol.